The van der Waals surface area contributed by atoms with Gasteiger partial charge in [-0.25, -0.2) is 0 Å². The van der Waals surface area contributed by atoms with Crippen LogP contribution in [0.25, 0.3) is 0 Å². The fraction of sp³-hybridized carbons (Fsp3) is 1.00. The first-order chi connectivity index (χ1) is 5.57. The van der Waals surface area contributed by atoms with E-state index in [2.05, 4.69) is 15.9 Å². The molecule has 0 aromatic carbocycles. The van der Waals surface area contributed by atoms with E-state index in [9.17, 15) is 10.2 Å². The second kappa shape index (κ2) is 3.99. The maximum absolute atomic E-state index is 9.21. The van der Waals surface area contributed by atoms with Gasteiger partial charge in [-0.05, 0) is 0 Å². The van der Waals surface area contributed by atoms with Crippen molar-refractivity contribution < 1.29 is 25.2 Å². The normalized spacial score (nSPS) is 49.2. The Labute approximate surface area is 77.7 Å². The van der Waals surface area contributed by atoms with Gasteiger partial charge in [0.2, 0.25) is 0 Å². The Morgan fingerprint density at radius 2 is 1.67 bits per heavy atom. The minimum atomic E-state index is -1.29. The van der Waals surface area contributed by atoms with Crippen LogP contribution < -0.4 is 0 Å². The van der Waals surface area contributed by atoms with E-state index in [1.807, 2.05) is 0 Å². The summed E-state index contributed by atoms with van der Waals surface area (Å²) in [6.45, 7) is -0.396. The molecule has 0 amide bonds. The third-order valence-electron chi connectivity index (χ3n) is 1.83. The monoisotopic (exact) mass is 242 g/mol. The van der Waals surface area contributed by atoms with E-state index >= 15 is 0 Å². The summed E-state index contributed by atoms with van der Waals surface area (Å²) in [4.78, 5) is 0. The molecule has 1 heterocycles. The summed E-state index contributed by atoms with van der Waals surface area (Å²) in [6.07, 6.45) is -4.57. The molecular weight excluding hydrogens is 232 g/mol. The topological polar surface area (TPSA) is 90.2 Å². The van der Waals surface area contributed by atoms with E-state index in [-0.39, 0.29) is 0 Å². The van der Waals surface area contributed by atoms with Crippen LogP contribution in [0.15, 0.2) is 0 Å². The maximum atomic E-state index is 9.21. The molecule has 4 unspecified atom stereocenters. The van der Waals surface area contributed by atoms with Gasteiger partial charge in [-0.3, -0.25) is 0 Å². The smallest absolute Gasteiger partial charge is 0.141 e. The molecule has 0 saturated carbocycles. The fourth-order valence-corrected chi connectivity index (χ4v) is 1.65. The molecule has 1 rings (SSSR count). The third-order valence-corrected chi connectivity index (χ3v) is 2.59. The van der Waals surface area contributed by atoms with Crippen LogP contribution in [0.2, 0.25) is 0 Å². The predicted molar refractivity (Wildman–Crippen MR) is 42.7 cm³/mol. The molecule has 0 aromatic heterocycles. The number of hydrogen-bond acceptors (Lipinski definition) is 5. The molecule has 1 aliphatic rings. The first kappa shape index (κ1) is 10.4. The first-order valence-corrected chi connectivity index (χ1v) is 4.44. The van der Waals surface area contributed by atoms with Crippen LogP contribution in [-0.4, -0.2) is 56.5 Å². The van der Waals surface area contributed by atoms with E-state index < -0.39 is 36.0 Å². The average Bonchev–Trinajstić information content (AvgIpc) is 2.08. The van der Waals surface area contributed by atoms with Gasteiger partial charge >= 0.3 is 0 Å². The van der Waals surface area contributed by atoms with Gasteiger partial charge < -0.3 is 25.2 Å². The highest BCUT2D eigenvalue weighted by atomic mass is 79.9. The summed E-state index contributed by atoms with van der Waals surface area (Å²) in [5.41, 5.74) is 0. The van der Waals surface area contributed by atoms with E-state index in [1.54, 1.807) is 0 Å². The number of halogens is 1. The first-order valence-electron chi connectivity index (χ1n) is 3.52. The molecule has 0 radical (unpaired) electrons. The van der Waals surface area contributed by atoms with Gasteiger partial charge in [-0.1, -0.05) is 15.9 Å². The van der Waals surface area contributed by atoms with E-state index in [1.165, 1.54) is 0 Å². The van der Waals surface area contributed by atoms with Gasteiger partial charge in [0.05, 0.1) is 6.61 Å². The molecule has 1 saturated heterocycles. The van der Waals surface area contributed by atoms with Crippen LogP contribution in [0.1, 0.15) is 0 Å². The molecule has 6 heteroatoms. The van der Waals surface area contributed by atoms with Crippen LogP contribution in [0.3, 0.4) is 0 Å². The Hall–Kier alpha value is 0.280. The fourth-order valence-electron chi connectivity index (χ4n) is 1.06. The minimum Gasteiger partial charge on any atom is -0.394 e. The Balaban J connectivity index is 2.63. The molecule has 0 spiro atoms. The standard InChI is InChI=1S/C6H11BrO5/c7-6-5(11)4(10)3(9)2(1-8)12-6/h2-6,8-11H,1H2/t2-,3?,4?,5?,6?/m1/s1. The highest BCUT2D eigenvalue weighted by molar-refractivity contribution is 9.09. The van der Waals surface area contributed by atoms with Crippen molar-refractivity contribution in [2.24, 2.45) is 0 Å². The van der Waals surface area contributed by atoms with Gasteiger partial charge in [0.1, 0.15) is 29.4 Å². The highest BCUT2D eigenvalue weighted by Gasteiger charge is 2.42. The van der Waals surface area contributed by atoms with Crippen LogP contribution in [0.5, 0.6) is 0 Å². The summed E-state index contributed by atoms with van der Waals surface area (Å²) in [5, 5.41) is 35.5. The van der Waals surface area contributed by atoms with Gasteiger partial charge in [0.25, 0.3) is 0 Å². The zero-order valence-electron chi connectivity index (χ0n) is 6.17. The second-order valence-corrected chi connectivity index (χ2v) is 3.58. The van der Waals surface area contributed by atoms with Gasteiger partial charge in [-0.2, -0.15) is 0 Å². The number of aliphatic hydroxyl groups excluding tert-OH is 4. The Bertz CT molecular complexity index is 150. The molecular formula is C6H11BrO5. The van der Waals surface area contributed by atoms with Crippen molar-refractivity contribution >= 4 is 15.9 Å². The summed E-state index contributed by atoms with van der Waals surface area (Å²) in [6, 6.07) is 0. The lowest BCUT2D eigenvalue weighted by Gasteiger charge is -2.37. The van der Waals surface area contributed by atoms with Gasteiger partial charge in [-0.15, -0.1) is 0 Å². The Morgan fingerprint density at radius 1 is 1.08 bits per heavy atom. The van der Waals surface area contributed by atoms with Crippen molar-refractivity contribution in [3.63, 3.8) is 0 Å². The number of rotatable bonds is 1. The van der Waals surface area contributed by atoms with Crippen molar-refractivity contribution in [2.75, 3.05) is 6.61 Å². The lowest BCUT2D eigenvalue weighted by molar-refractivity contribution is -0.203. The largest absolute Gasteiger partial charge is 0.394 e. The van der Waals surface area contributed by atoms with Crippen molar-refractivity contribution in [1.29, 1.82) is 0 Å². The van der Waals surface area contributed by atoms with E-state index in [0.29, 0.717) is 0 Å². The summed E-state index contributed by atoms with van der Waals surface area (Å²) in [5.74, 6) is 0. The SMILES string of the molecule is OC[C@H]1OC(Br)C(O)C(O)C1O. The maximum Gasteiger partial charge on any atom is 0.141 e. The molecule has 72 valence electrons. The van der Waals surface area contributed by atoms with Crippen molar-refractivity contribution in [3.05, 3.63) is 0 Å². The third kappa shape index (κ3) is 1.78. The van der Waals surface area contributed by atoms with Crippen LogP contribution in [-0.2, 0) is 4.74 Å². The van der Waals surface area contributed by atoms with Crippen molar-refractivity contribution in [3.8, 4) is 0 Å². The van der Waals surface area contributed by atoms with Crippen LogP contribution in [0.4, 0.5) is 0 Å². The molecule has 0 aliphatic carbocycles. The zero-order chi connectivity index (χ0) is 9.30. The molecule has 5 nitrogen and oxygen atoms in total. The number of aliphatic hydroxyl groups is 4. The van der Waals surface area contributed by atoms with Crippen molar-refractivity contribution in [1.82, 2.24) is 0 Å². The van der Waals surface area contributed by atoms with Crippen LogP contribution in [0, 0.1) is 0 Å². The van der Waals surface area contributed by atoms with E-state index in [4.69, 9.17) is 14.9 Å². The van der Waals surface area contributed by atoms with Gasteiger partial charge in [0, 0.05) is 0 Å². The highest BCUT2D eigenvalue weighted by Crippen LogP contribution is 2.24. The molecule has 4 N–H and O–H groups in total. The molecule has 1 aliphatic heterocycles. The average molecular weight is 243 g/mol. The summed E-state index contributed by atoms with van der Waals surface area (Å²) < 4.78 is 4.94. The molecule has 0 bridgehead atoms. The van der Waals surface area contributed by atoms with E-state index in [0.717, 1.165) is 0 Å². The Kier molecular flexibility index (Phi) is 3.45. The lowest BCUT2D eigenvalue weighted by Crippen LogP contribution is -2.56. The van der Waals surface area contributed by atoms with Crippen LogP contribution >= 0.6 is 15.9 Å². The summed E-state index contributed by atoms with van der Waals surface area (Å²) >= 11 is 2.95. The Morgan fingerprint density at radius 3 is 2.17 bits per heavy atom. The summed E-state index contributed by atoms with van der Waals surface area (Å²) in [7, 11) is 0. The lowest BCUT2D eigenvalue weighted by atomic mass is 10.0. The number of hydrogen-bond donors (Lipinski definition) is 4. The molecule has 1 fully saturated rings. The second-order valence-electron chi connectivity index (χ2n) is 2.68. The minimum absolute atomic E-state index is 0.396. The number of alkyl halides is 1. The molecule has 12 heavy (non-hydrogen) atoms. The van der Waals surface area contributed by atoms with Crippen molar-refractivity contribution in [2.45, 2.75) is 29.4 Å². The predicted octanol–water partition coefficient (Wildman–Crippen LogP) is -1.82. The van der Waals surface area contributed by atoms with Gasteiger partial charge in [0.15, 0.2) is 0 Å². The molecule has 0 aromatic rings. The molecule has 5 atom stereocenters. The quantitative estimate of drug-likeness (QED) is 0.407. The zero-order valence-corrected chi connectivity index (χ0v) is 7.75. The number of ether oxygens (including phenoxy) is 1.